The van der Waals surface area contributed by atoms with Crippen molar-refractivity contribution in [2.24, 2.45) is 5.73 Å². The van der Waals surface area contributed by atoms with Gasteiger partial charge in [0.05, 0.1) is 5.54 Å². The molecule has 1 aromatic rings. The smallest absolute Gasteiger partial charge is 0.229 e. The van der Waals surface area contributed by atoms with E-state index in [1.165, 1.54) is 19.3 Å². The molecule has 0 aromatic carbocycles. The van der Waals surface area contributed by atoms with E-state index in [1.54, 1.807) is 0 Å². The highest BCUT2D eigenvalue weighted by Gasteiger charge is 2.45. The molecular weight excluding hydrogens is 166 g/mol. The van der Waals surface area contributed by atoms with E-state index in [-0.39, 0.29) is 5.54 Å². The summed E-state index contributed by atoms with van der Waals surface area (Å²) in [5.74, 6) is 2.04. The Morgan fingerprint density at radius 1 is 1.38 bits per heavy atom. The Bertz CT molecular complexity index is 325. The van der Waals surface area contributed by atoms with E-state index in [1.807, 2.05) is 0 Å². The van der Waals surface area contributed by atoms with Crippen LogP contribution in [0.3, 0.4) is 0 Å². The summed E-state index contributed by atoms with van der Waals surface area (Å²) in [6.45, 7) is 0. The Morgan fingerprint density at radius 3 is 2.69 bits per heavy atom. The van der Waals surface area contributed by atoms with E-state index < -0.39 is 0 Å². The van der Waals surface area contributed by atoms with Gasteiger partial charge < -0.3 is 10.3 Å². The Hall–Kier alpha value is -0.900. The number of aromatic nitrogens is 2. The maximum atomic E-state index is 5.96. The van der Waals surface area contributed by atoms with E-state index in [0.29, 0.717) is 5.92 Å². The van der Waals surface area contributed by atoms with Gasteiger partial charge in [0, 0.05) is 5.92 Å². The fraction of sp³-hybridized carbons (Fsp3) is 0.778. The minimum absolute atomic E-state index is 0.245. The van der Waals surface area contributed by atoms with Gasteiger partial charge in [0.15, 0.2) is 5.82 Å². The van der Waals surface area contributed by atoms with Crippen molar-refractivity contribution in [2.75, 3.05) is 0 Å². The molecule has 0 atom stereocenters. The van der Waals surface area contributed by atoms with Crippen LogP contribution in [0.15, 0.2) is 4.52 Å². The Morgan fingerprint density at radius 2 is 2.15 bits per heavy atom. The molecular formula is C9H13N3O. The van der Waals surface area contributed by atoms with Gasteiger partial charge in [-0.1, -0.05) is 11.6 Å². The van der Waals surface area contributed by atoms with E-state index in [9.17, 15) is 0 Å². The molecule has 2 aliphatic carbocycles. The van der Waals surface area contributed by atoms with E-state index in [0.717, 1.165) is 24.6 Å². The summed E-state index contributed by atoms with van der Waals surface area (Å²) in [6.07, 6.45) is 5.67. The van der Waals surface area contributed by atoms with E-state index in [2.05, 4.69) is 10.1 Å². The van der Waals surface area contributed by atoms with Crippen LogP contribution in [-0.4, -0.2) is 10.1 Å². The van der Waals surface area contributed by atoms with Gasteiger partial charge in [-0.05, 0) is 25.7 Å². The SMILES string of the molecule is NC1(c2noc(C3CCC3)n2)CC1. The van der Waals surface area contributed by atoms with Crippen LogP contribution in [0.4, 0.5) is 0 Å². The second-order valence-electron chi connectivity index (χ2n) is 4.24. The number of nitrogens with two attached hydrogens (primary N) is 1. The van der Waals surface area contributed by atoms with Crippen LogP contribution < -0.4 is 5.73 Å². The molecule has 2 saturated carbocycles. The standard InChI is InChI=1S/C9H13N3O/c10-9(4-5-9)8-11-7(13-12-8)6-2-1-3-6/h6H,1-5,10H2. The largest absolute Gasteiger partial charge is 0.339 e. The minimum Gasteiger partial charge on any atom is -0.339 e. The molecule has 4 nitrogen and oxygen atoms in total. The minimum atomic E-state index is -0.245. The van der Waals surface area contributed by atoms with Gasteiger partial charge in [0.1, 0.15) is 0 Å². The molecule has 0 unspecified atom stereocenters. The van der Waals surface area contributed by atoms with Crippen LogP contribution in [0.2, 0.25) is 0 Å². The van der Waals surface area contributed by atoms with Gasteiger partial charge in [0.2, 0.25) is 5.89 Å². The number of hydrogen-bond acceptors (Lipinski definition) is 4. The molecule has 0 radical (unpaired) electrons. The first kappa shape index (κ1) is 7.50. The topological polar surface area (TPSA) is 64.9 Å². The van der Waals surface area contributed by atoms with Gasteiger partial charge in [-0.2, -0.15) is 4.98 Å². The Balaban J connectivity index is 1.85. The third-order valence-corrected chi connectivity index (χ3v) is 3.13. The van der Waals surface area contributed by atoms with Crippen molar-refractivity contribution in [3.63, 3.8) is 0 Å². The average molecular weight is 179 g/mol. The van der Waals surface area contributed by atoms with E-state index in [4.69, 9.17) is 10.3 Å². The number of hydrogen-bond donors (Lipinski definition) is 1. The lowest BCUT2D eigenvalue weighted by molar-refractivity contribution is 0.290. The lowest BCUT2D eigenvalue weighted by Crippen LogP contribution is -2.20. The number of rotatable bonds is 2. The van der Waals surface area contributed by atoms with Crippen molar-refractivity contribution < 1.29 is 4.52 Å². The van der Waals surface area contributed by atoms with Crippen molar-refractivity contribution in [2.45, 2.75) is 43.6 Å². The summed E-state index contributed by atoms with van der Waals surface area (Å²) >= 11 is 0. The first-order valence-corrected chi connectivity index (χ1v) is 4.91. The average Bonchev–Trinajstić information content (AvgIpc) is 2.61. The van der Waals surface area contributed by atoms with Crippen molar-refractivity contribution in [3.05, 3.63) is 11.7 Å². The molecule has 0 aliphatic heterocycles. The molecule has 0 amide bonds. The lowest BCUT2D eigenvalue weighted by Gasteiger charge is -2.20. The molecule has 3 rings (SSSR count). The van der Waals surface area contributed by atoms with Crippen LogP contribution in [0.5, 0.6) is 0 Å². The number of nitrogens with zero attached hydrogens (tertiary/aromatic N) is 2. The highest BCUT2D eigenvalue weighted by Crippen LogP contribution is 2.42. The van der Waals surface area contributed by atoms with Gasteiger partial charge >= 0.3 is 0 Å². The molecule has 0 saturated heterocycles. The molecule has 4 heteroatoms. The van der Waals surface area contributed by atoms with Crippen molar-refractivity contribution >= 4 is 0 Å². The highest BCUT2D eigenvalue weighted by molar-refractivity contribution is 5.14. The van der Waals surface area contributed by atoms with E-state index >= 15 is 0 Å². The van der Waals surface area contributed by atoms with Crippen molar-refractivity contribution in [3.8, 4) is 0 Å². The third-order valence-electron chi connectivity index (χ3n) is 3.13. The molecule has 0 spiro atoms. The zero-order chi connectivity index (χ0) is 8.89. The summed E-state index contributed by atoms with van der Waals surface area (Å²) in [7, 11) is 0. The normalized spacial score (nSPS) is 25.6. The fourth-order valence-electron chi connectivity index (χ4n) is 1.62. The summed E-state index contributed by atoms with van der Waals surface area (Å²) in [6, 6.07) is 0. The summed E-state index contributed by atoms with van der Waals surface area (Å²) in [5, 5.41) is 3.94. The quantitative estimate of drug-likeness (QED) is 0.742. The fourth-order valence-corrected chi connectivity index (χ4v) is 1.62. The molecule has 1 aromatic heterocycles. The van der Waals surface area contributed by atoms with Gasteiger partial charge in [-0.25, -0.2) is 0 Å². The molecule has 1 heterocycles. The Kier molecular flexibility index (Phi) is 1.34. The summed E-state index contributed by atoms with van der Waals surface area (Å²) < 4.78 is 5.19. The van der Waals surface area contributed by atoms with Crippen LogP contribution in [0.1, 0.15) is 49.7 Å². The second kappa shape index (κ2) is 2.32. The second-order valence-corrected chi connectivity index (χ2v) is 4.24. The molecule has 0 bridgehead atoms. The molecule has 2 aliphatic rings. The molecule has 2 N–H and O–H groups in total. The van der Waals surface area contributed by atoms with Crippen molar-refractivity contribution in [1.29, 1.82) is 0 Å². The van der Waals surface area contributed by atoms with Crippen LogP contribution >= 0.6 is 0 Å². The predicted molar refractivity (Wildman–Crippen MR) is 46.0 cm³/mol. The predicted octanol–water partition coefficient (Wildman–Crippen LogP) is 1.28. The third kappa shape index (κ3) is 1.09. The molecule has 70 valence electrons. The summed E-state index contributed by atoms with van der Waals surface area (Å²) in [5.41, 5.74) is 5.71. The molecule has 13 heavy (non-hydrogen) atoms. The first-order valence-electron chi connectivity index (χ1n) is 4.91. The maximum absolute atomic E-state index is 5.96. The van der Waals surface area contributed by atoms with Crippen LogP contribution in [0, 0.1) is 0 Å². The first-order chi connectivity index (χ1) is 6.28. The zero-order valence-electron chi connectivity index (χ0n) is 7.49. The lowest BCUT2D eigenvalue weighted by atomic mass is 9.85. The Labute approximate surface area is 76.5 Å². The van der Waals surface area contributed by atoms with Gasteiger partial charge in [-0.3, -0.25) is 0 Å². The monoisotopic (exact) mass is 179 g/mol. The summed E-state index contributed by atoms with van der Waals surface area (Å²) in [4.78, 5) is 4.36. The van der Waals surface area contributed by atoms with Crippen LogP contribution in [-0.2, 0) is 5.54 Å². The highest BCUT2D eigenvalue weighted by atomic mass is 16.5. The van der Waals surface area contributed by atoms with Gasteiger partial charge in [0.25, 0.3) is 0 Å². The van der Waals surface area contributed by atoms with Gasteiger partial charge in [-0.15, -0.1) is 0 Å². The van der Waals surface area contributed by atoms with Crippen molar-refractivity contribution in [1.82, 2.24) is 10.1 Å². The van der Waals surface area contributed by atoms with Crippen LogP contribution in [0.25, 0.3) is 0 Å². The maximum Gasteiger partial charge on any atom is 0.229 e. The molecule has 2 fully saturated rings. The zero-order valence-corrected chi connectivity index (χ0v) is 7.49.